The van der Waals surface area contributed by atoms with Crippen molar-refractivity contribution in [3.05, 3.63) is 27.7 Å². The third-order valence-corrected chi connectivity index (χ3v) is 4.81. The number of rotatable bonds is 5. The molecule has 1 aliphatic rings. The van der Waals surface area contributed by atoms with Gasteiger partial charge in [-0.05, 0) is 52.2 Å². The second-order valence-electron chi connectivity index (χ2n) is 6.65. The molecule has 2 rings (SSSR count). The molecule has 7 nitrogen and oxygen atoms in total. The maximum Gasteiger partial charge on any atom is 0.339 e. The molecule has 1 unspecified atom stereocenters. The largest absolute Gasteiger partial charge is 0.464 e. The minimum Gasteiger partial charge on any atom is -0.464 e. The number of carbonyl (C=O) groups excluding carboxylic acids is 3. The summed E-state index contributed by atoms with van der Waals surface area (Å²) in [5.41, 5.74) is 0.301. The number of esters is 2. The van der Waals surface area contributed by atoms with Gasteiger partial charge in [-0.25, -0.2) is 14.4 Å². The second kappa shape index (κ2) is 9.98. The lowest BCUT2D eigenvalue weighted by atomic mass is 10.0. The number of amides is 2. The van der Waals surface area contributed by atoms with Crippen molar-refractivity contribution in [1.29, 1.82) is 0 Å². The number of hydrogen-bond donors (Lipinski definition) is 1. The Kier molecular flexibility index (Phi) is 7.95. The van der Waals surface area contributed by atoms with Gasteiger partial charge in [0.15, 0.2) is 0 Å². The van der Waals surface area contributed by atoms with Gasteiger partial charge in [-0.2, -0.15) is 0 Å². The molecule has 0 bridgehead atoms. The Morgan fingerprint density at radius 3 is 2.57 bits per heavy atom. The molecule has 1 heterocycles. The Balaban J connectivity index is 2.22. The van der Waals surface area contributed by atoms with Crippen molar-refractivity contribution in [3.63, 3.8) is 0 Å². The number of nitrogens with zero attached hydrogens (tertiary/aromatic N) is 1. The van der Waals surface area contributed by atoms with Crippen molar-refractivity contribution >= 4 is 46.9 Å². The first-order chi connectivity index (χ1) is 13.2. The summed E-state index contributed by atoms with van der Waals surface area (Å²) < 4.78 is 10.2. The fourth-order valence-electron chi connectivity index (χ4n) is 2.92. The van der Waals surface area contributed by atoms with Gasteiger partial charge in [0.05, 0.1) is 34.0 Å². The molecule has 1 saturated heterocycles. The van der Waals surface area contributed by atoms with Crippen LogP contribution in [0.25, 0.3) is 0 Å². The Morgan fingerprint density at radius 2 is 1.93 bits per heavy atom. The fraction of sp³-hybridized carbons (Fsp3) is 0.526. The van der Waals surface area contributed by atoms with E-state index in [0.717, 1.165) is 12.8 Å². The molecule has 154 valence electrons. The van der Waals surface area contributed by atoms with Crippen LogP contribution in [-0.2, 0) is 14.3 Å². The molecule has 0 aliphatic carbocycles. The normalized spacial score (nSPS) is 16.6. The summed E-state index contributed by atoms with van der Waals surface area (Å²) in [5.74, 6) is -1.05. The first kappa shape index (κ1) is 22.3. The monoisotopic (exact) mass is 430 g/mol. The number of hydrogen-bond acceptors (Lipinski definition) is 5. The summed E-state index contributed by atoms with van der Waals surface area (Å²) in [6.07, 6.45) is 1.83. The second-order valence-corrected chi connectivity index (χ2v) is 7.47. The zero-order chi connectivity index (χ0) is 20.8. The maximum absolute atomic E-state index is 12.8. The molecular formula is C19H24Cl2N2O5. The highest BCUT2D eigenvalue weighted by Gasteiger charge is 2.33. The van der Waals surface area contributed by atoms with E-state index in [-0.39, 0.29) is 34.0 Å². The van der Waals surface area contributed by atoms with Crippen molar-refractivity contribution in [2.24, 2.45) is 0 Å². The Bertz CT molecular complexity index is 754. The Labute approximate surface area is 174 Å². The van der Waals surface area contributed by atoms with Crippen molar-refractivity contribution in [2.75, 3.05) is 18.5 Å². The van der Waals surface area contributed by atoms with Crippen LogP contribution in [0, 0.1) is 0 Å². The van der Waals surface area contributed by atoms with Crippen molar-refractivity contribution in [1.82, 2.24) is 4.90 Å². The molecule has 9 heteroatoms. The van der Waals surface area contributed by atoms with Crippen LogP contribution in [0.1, 0.15) is 50.4 Å². The molecule has 0 spiro atoms. The lowest BCUT2D eigenvalue weighted by Crippen LogP contribution is -2.50. The summed E-state index contributed by atoms with van der Waals surface area (Å²) in [6, 6.07) is 1.60. The number of nitrogens with one attached hydrogen (secondary N) is 1. The van der Waals surface area contributed by atoms with E-state index >= 15 is 0 Å². The van der Waals surface area contributed by atoms with Crippen LogP contribution < -0.4 is 5.32 Å². The molecule has 2 amide bonds. The van der Waals surface area contributed by atoms with Crippen molar-refractivity contribution < 1.29 is 23.9 Å². The molecule has 1 aromatic rings. The number of halogens is 2. The van der Waals surface area contributed by atoms with Crippen LogP contribution in [-0.4, -0.2) is 48.2 Å². The SMILES string of the molecule is CCOC(=O)C1CCCCN1C(=O)Nc1cc(C(=O)OC(C)C)c(Cl)cc1Cl. The summed E-state index contributed by atoms with van der Waals surface area (Å²) in [6.45, 7) is 5.82. The van der Waals surface area contributed by atoms with Gasteiger partial charge in [-0.1, -0.05) is 23.2 Å². The number of urea groups is 1. The van der Waals surface area contributed by atoms with Gasteiger partial charge in [0.2, 0.25) is 0 Å². The van der Waals surface area contributed by atoms with Gasteiger partial charge in [0, 0.05) is 6.54 Å². The lowest BCUT2D eigenvalue weighted by molar-refractivity contribution is -0.149. The summed E-state index contributed by atoms with van der Waals surface area (Å²) in [5, 5.41) is 2.96. The van der Waals surface area contributed by atoms with E-state index in [1.165, 1.54) is 17.0 Å². The molecule has 0 aromatic heterocycles. The standard InChI is InChI=1S/C19H24Cl2N2O5/c1-4-27-18(25)16-7-5-6-8-23(16)19(26)22-15-9-12(13(20)10-14(15)21)17(24)28-11(2)3/h9-11,16H,4-8H2,1-3H3,(H,22,26). The molecule has 1 fully saturated rings. The zero-order valence-corrected chi connectivity index (χ0v) is 17.6. The number of likely N-dealkylation sites (tertiary alicyclic amines) is 1. The van der Waals surface area contributed by atoms with Crippen LogP contribution in [0.5, 0.6) is 0 Å². The molecular weight excluding hydrogens is 407 g/mol. The Hall–Kier alpha value is -1.99. The van der Waals surface area contributed by atoms with E-state index in [1.54, 1.807) is 20.8 Å². The number of ether oxygens (including phenoxy) is 2. The first-order valence-electron chi connectivity index (χ1n) is 9.18. The predicted molar refractivity (Wildman–Crippen MR) is 107 cm³/mol. The number of carbonyl (C=O) groups is 3. The lowest BCUT2D eigenvalue weighted by Gasteiger charge is -2.34. The summed E-state index contributed by atoms with van der Waals surface area (Å²) >= 11 is 12.3. The Morgan fingerprint density at radius 1 is 1.21 bits per heavy atom. The summed E-state index contributed by atoms with van der Waals surface area (Å²) in [7, 11) is 0. The highest BCUT2D eigenvalue weighted by molar-refractivity contribution is 6.38. The van der Waals surface area contributed by atoms with E-state index in [9.17, 15) is 14.4 Å². The molecule has 1 aliphatic heterocycles. The quantitative estimate of drug-likeness (QED) is 0.694. The van der Waals surface area contributed by atoms with Gasteiger partial charge in [-0.15, -0.1) is 0 Å². The number of benzene rings is 1. The van der Waals surface area contributed by atoms with Gasteiger partial charge in [0.25, 0.3) is 0 Å². The van der Waals surface area contributed by atoms with Crippen LogP contribution in [0.15, 0.2) is 12.1 Å². The zero-order valence-electron chi connectivity index (χ0n) is 16.1. The maximum atomic E-state index is 12.8. The number of piperidine rings is 1. The molecule has 1 N–H and O–H groups in total. The molecule has 1 aromatic carbocycles. The third-order valence-electron chi connectivity index (χ3n) is 4.18. The van der Waals surface area contributed by atoms with Crippen LogP contribution in [0.4, 0.5) is 10.5 Å². The van der Waals surface area contributed by atoms with Crippen LogP contribution in [0.3, 0.4) is 0 Å². The average Bonchev–Trinajstić information content (AvgIpc) is 2.63. The van der Waals surface area contributed by atoms with E-state index in [2.05, 4.69) is 5.32 Å². The van der Waals surface area contributed by atoms with Gasteiger partial charge in [0.1, 0.15) is 6.04 Å². The van der Waals surface area contributed by atoms with Gasteiger partial charge >= 0.3 is 18.0 Å². The fourth-order valence-corrected chi connectivity index (χ4v) is 3.43. The molecule has 1 atom stereocenters. The van der Waals surface area contributed by atoms with Crippen LogP contribution in [0.2, 0.25) is 10.0 Å². The van der Waals surface area contributed by atoms with E-state index in [0.29, 0.717) is 13.0 Å². The number of anilines is 1. The van der Waals surface area contributed by atoms with E-state index in [4.69, 9.17) is 32.7 Å². The molecule has 0 radical (unpaired) electrons. The topological polar surface area (TPSA) is 84.9 Å². The van der Waals surface area contributed by atoms with Gasteiger partial charge < -0.3 is 19.7 Å². The highest BCUT2D eigenvalue weighted by Crippen LogP contribution is 2.31. The van der Waals surface area contributed by atoms with Crippen molar-refractivity contribution in [2.45, 2.75) is 52.2 Å². The van der Waals surface area contributed by atoms with E-state index in [1.807, 2.05) is 0 Å². The van der Waals surface area contributed by atoms with Gasteiger partial charge in [-0.3, -0.25) is 0 Å². The minimum atomic E-state index is -0.648. The minimum absolute atomic E-state index is 0.0932. The third kappa shape index (κ3) is 5.52. The van der Waals surface area contributed by atoms with Crippen LogP contribution >= 0.6 is 23.2 Å². The molecule has 0 saturated carbocycles. The van der Waals surface area contributed by atoms with E-state index < -0.39 is 24.0 Å². The smallest absolute Gasteiger partial charge is 0.339 e. The van der Waals surface area contributed by atoms with Crippen molar-refractivity contribution in [3.8, 4) is 0 Å². The highest BCUT2D eigenvalue weighted by atomic mass is 35.5. The first-order valence-corrected chi connectivity index (χ1v) is 9.94. The molecule has 28 heavy (non-hydrogen) atoms. The average molecular weight is 431 g/mol. The predicted octanol–water partition coefficient (Wildman–Crippen LogP) is 4.51. The summed E-state index contributed by atoms with van der Waals surface area (Å²) in [4.78, 5) is 38.6.